The second-order valence-electron chi connectivity index (χ2n) is 4.88. The highest BCUT2D eigenvalue weighted by Crippen LogP contribution is 2.13. The zero-order chi connectivity index (χ0) is 13.5. The Bertz CT molecular complexity index is 414. The van der Waals surface area contributed by atoms with Gasteiger partial charge in [-0.15, -0.1) is 0 Å². The highest BCUT2D eigenvalue weighted by Gasteiger charge is 2.15. The lowest BCUT2D eigenvalue weighted by Crippen LogP contribution is -2.37. The molecule has 1 unspecified atom stereocenters. The lowest BCUT2D eigenvalue weighted by molar-refractivity contribution is 0.0950. The van der Waals surface area contributed by atoms with Crippen molar-refractivity contribution in [1.29, 1.82) is 0 Å². The predicted molar refractivity (Wildman–Crippen MR) is 75.6 cm³/mol. The van der Waals surface area contributed by atoms with Gasteiger partial charge in [0.15, 0.2) is 0 Å². The highest BCUT2D eigenvalue weighted by atomic mass is 16.5. The molecule has 1 fully saturated rings. The first-order valence-electron chi connectivity index (χ1n) is 7.04. The van der Waals surface area contributed by atoms with E-state index in [1.807, 2.05) is 18.2 Å². The normalized spacial score (nSPS) is 18.3. The number of carbonyl (C=O) groups is 1. The molecule has 0 radical (unpaired) electrons. The van der Waals surface area contributed by atoms with Crippen molar-refractivity contribution in [2.75, 3.05) is 19.7 Å². The molecule has 1 aromatic rings. The zero-order valence-corrected chi connectivity index (χ0v) is 11.4. The molecule has 2 rings (SSSR count). The van der Waals surface area contributed by atoms with Crippen molar-refractivity contribution in [1.82, 2.24) is 10.6 Å². The summed E-state index contributed by atoms with van der Waals surface area (Å²) in [6, 6.07) is 7.77. The minimum atomic E-state index is -0.0318. The fraction of sp³-hybridized carbons (Fsp3) is 0.533. The highest BCUT2D eigenvalue weighted by molar-refractivity contribution is 5.94. The number of rotatable bonds is 6. The van der Waals surface area contributed by atoms with E-state index in [2.05, 4.69) is 17.6 Å². The average Bonchev–Trinajstić information content (AvgIpc) is 2.96. The van der Waals surface area contributed by atoms with E-state index in [-0.39, 0.29) is 5.91 Å². The van der Waals surface area contributed by atoms with Gasteiger partial charge in [-0.25, -0.2) is 0 Å². The van der Waals surface area contributed by atoms with Gasteiger partial charge in [0.05, 0.1) is 6.61 Å². The molecule has 4 nitrogen and oxygen atoms in total. The number of ether oxygens (including phenoxy) is 1. The summed E-state index contributed by atoms with van der Waals surface area (Å²) in [6.45, 7) is 4.49. The zero-order valence-electron chi connectivity index (χ0n) is 11.4. The van der Waals surface area contributed by atoms with Crippen LogP contribution in [0.1, 0.15) is 36.5 Å². The van der Waals surface area contributed by atoms with Crippen molar-refractivity contribution < 1.29 is 9.53 Å². The van der Waals surface area contributed by atoms with Crippen LogP contribution in [0.2, 0.25) is 0 Å². The summed E-state index contributed by atoms with van der Waals surface area (Å²) in [7, 11) is 0. The van der Waals surface area contributed by atoms with Crippen molar-refractivity contribution in [3.8, 4) is 5.75 Å². The van der Waals surface area contributed by atoms with Gasteiger partial charge in [0.1, 0.15) is 5.75 Å². The number of benzene rings is 1. The van der Waals surface area contributed by atoms with Gasteiger partial charge in [0, 0.05) is 18.2 Å². The molecule has 0 spiro atoms. The van der Waals surface area contributed by atoms with E-state index >= 15 is 0 Å². The molecule has 1 aromatic carbocycles. The molecule has 1 heterocycles. The van der Waals surface area contributed by atoms with Gasteiger partial charge in [0.2, 0.25) is 0 Å². The first kappa shape index (κ1) is 13.9. The molecule has 1 amide bonds. The largest absolute Gasteiger partial charge is 0.494 e. The Morgan fingerprint density at radius 3 is 3.16 bits per heavy atom. The SMILES string of the molecule is CCCOc1cccc(C(=O)NCC2CCCN2)c1. The van der Waals surface area contributed by atoms with Gasteiger partial charge >= 0.3 is 0 Å². The van der Waals surface area contributed by atoms with Crippen LogP contribution in [-0.4, -0.2) is 31.6 Å². The summed E-state index contributed by atoms with van der Waals surface area (Å²) in [6.07, 6.45) is 3.30. The van der Waals surface area contributed by atoms with E-state index < -0.39 is 0 Å². The summed E-state index contributed by atoms with van der Waals surface area (Å²) < 4.78 is 5.53. The molecule has 19 heavy (non-hydrogen) atoms. The first-order valence-corrected chi connectivity index (χ1v) is 7.04. The van der Waals surface area contributed by atoms with Crippen molar-refractivity contribution in [2.24, 2.45) is 0 Å². The second-order valence-corrected chi connectivity index (χ2v) is 4.88. The van der Waals surface area contributed by atoms with E-state index in [1.165, 1.54) is 6.42 Å². The monoisotopic (exact) mass is 262 g/mol. The Labute approximate surface area is 114 Å². The van der Waals surface area contributed by atoms with Crippen LogP contribution in [0.5, 0.6) is 5.75 Å². The minimum absolute atomic E-state index is 0.0318. The predicted octanol–water partition coefficient (Wildman–Crippen LogP) is 1.96. The Hall–Kier alpha value is -1.55. The van der Waals surface area contributed by atoms with E-state index in [0.29, 0.717) is 24.8 Å². The Kier molecular flexibility index (Phi) is 5.21. The van der Waals surface area contributed by atoms with E-state index in [9.17, 15) is 4.79 Å². The number of carbonyl (C=O) groups excluding carboxylic acids is 1. The fourth-order valence-electron chi connectivity index (χ4n) is 2.20. The van der Waals surface area contributed by atoms with Gasteiger partial charge in [-0.05, 0) is 44.0 Å². The molecular weight excluding hydrogens is 240 g/mol. The second kappa shape index (κ2) is 7.14. The van der Waals surface area contributed by atoms with E-state index in [0.717, 1.165) is 25.1 Å². The van der Waals surface area contributed by atoms with Crippen LogP contribution >= 0.6 is 0 Å². The maximum atomic E-state index is 12.0. The number of hydrogen-bond donors (Lipinski definition) is 2. The molecule has 1 aliphatic rings. The van der Waals surface area contributed by atoms with Crippen LogP contribution in [-0.2, 0) is 0 Å². The van der Waals surface area contributed by atoms with Crippen molar-refractivity contribution in [3.63, 3.8) is 0 Å². The van der Waals surface area contributed by atoms with Gasteiger partial charge < -0.3 is 15.4 Å². The molecule has 1 atom stereocenters. The maximum absolute atomic E-state index is 12.0. The quantitative estimate of drug-likeness (QED) is 0.824. The summed E-state index contributed by atoms with van der Waals surface area (Å²) >= 11 is 0. The van der Waals surface area contributed by atoms with Gasteiger partial charge in [-0.3, -0.25) is 4.79 Å². The molecule has 0 aromatic heterocycles. The third-order valence-corrected chi connectivity index (χ3v) is 3.24. The molecule has 0 saturated carbocycles. The molecule has 0 bridgehead atoms. The summed E-state index contributed by atoms with van der Waals surface area (Å²) in [5.41, 5.74) is 0.659. The number of hydrogen-bond acceptors (Lipinski definition) is 3. The molecular formula is C15H22N2O2. The molecule has 104 valence electrons. The van der Waals surface area contributed by atoms with Crippen LogP contribution in [0.4, 0.5) is 0 Å². The first-order chi connectivity index (χ1) is 9.29. The van der Waals surface area contributed by atoms with Crippen LogP contribution < -0.4 is 15.4 Å². The van der Waals surface area contributed by atoms with Crippen LogP contribution in [0.3, 0.4) is 0 Å². The average molecular weight is 262 g/mol. The van der Waals surface area contributed by atoms with Crippen molar-refractivity contribution in [2.45, 2.75) is 32.2 Å². The Morgan fingerprint density at radius 1 is 1.53 bits per heavy atom. The Balaban J connectivity index is 1.86. The topological polar surface area (TPSA) is 50.4 Å². The minimum Gasteiger partial charge on any atom is -0.494 e. The molecule has 0 aliphatic carbocycles. The molecule has 1 aliphatic heterocycles. The maximum Gasteiger partial charge on any atom is 0.251 e. The lowest BCUT2D eigenvalue weighted by atomic mass is 10.2. The van der Waals surface area contributed by atoms with E-state index in [4.69, 9.17) is 4.74 Å². The van der Waals surface area contributed by atoms with Gasteiger partial charge in [-0.1, -0.05) is 13.0 Å². The van der Waals surface area contributed by atoms with Crippen LogP contribution in [0, 0.1) is 0 Å². The molecule has 1 saturated heterocycles. The third-order valence-electron chi connectivity index (χ3n) is 3.24. The van der Waals surface area contributed by atoms with Crippen LogP contribution in [0.25, 0.3) is 0 Å². The Morgan fingerprint density at radius 2 is 2.42 bits per heavy atom. The smallest absolute Gasteiger partial charge is 0.251 e. The molecule has 4 heteroatoms. The van der Waals surface area contributed by atoms with Crippen molar-refractivity contribution >= 4 is 5.91 Å². The van der Waals surface area contributed by atoms with Crippen molar-refractivity contribution in [3.05, 3.63) is 29.8 Å². The summed E-state index contributed by atoms with van der Waals surface area (Å²) in [4.78, 5) is 12.0. The standard InChI is InChI=1S/C15H22N2O2/c1-2-9-19-14-7-3-5-12(10-14)15(18)17-11-13-6-4-8-16-13/h3,5,7,10,13,16H,2,4,6,8-9,11H2,1H3,(H,17,18). The third kappa shape index (κ3) is 4.24. The molecule has 2 N–H and O–H groups in total. The number of nitrogens with one attached hydrogen (secondary N) is 2. The lowest BCUT2D eigenvalue weighted by Gasteiger charge is -2.12. The van der Waals surface area contributed by atoms with Gasteiger partial charge in [0.25, 0.3) is 5.91 Å². The number of amides is 1. The summed E-state index contributed by atoms with van der Waals surface area (Å²) in [5, 5.41) is 6.33. The fourth-order valence-corrected chi connectivity index (χ4v) is 2.20. The van der Waals surface area contributed by atoms with Crippen LogP contribution in [0.15, 0.2) is 24.3 Å². The van der Waals surface area contributed by atoms with Gasteiger partial charge in [-0.2, -0.15) is 0 Å². The summed E-state index contributed by atoms with van der Waals surface area (Å²) in [5.74, 6) is 0.726. The van der Waals surface area contributed by atoms with E-state index in [1.54, 1.807) is 6.07 Å².